The highest BCUT2D eigenvalue weighted by atomic mass is 79.9. The summed E-state index contributed by atoms with van der Waals surface area (Å²) in [5.41, 5.74) is 7.84. The lowest BCUT2D eigenvalue weighted by molar-refractivity contribution is 0.124. The minimum absolute atomic E-state index is 0.114. The maximum absolute atomic E-state index is 9.63. The van der Waals surface area contributed by atoms with E-state index < -0.39 is 0 Å². The van der Waals surface area contributed by atoms with Crippen molar-refractivity contribution in [3.05, 3.63) is 15.9 Å². The van der Waals surface area contributed by atoms with Gasteiger partial charge in [-0.3, -0.25) is 4.68 Å². The molecule has 0 saturated carbocycles. The Labute approximate surface area is 118 Å². The summed E-state index contributed by atoms with van der Waals surface area (Å²) in [5, 5.41) is 14.2. The Morgan fingerprint density at radius 1 is 1.39 bits per heavy atom. The van der Waals surface area contributed by atoms with Crippen LogP contribution < -0.4 is 5.73 Å². The average molecular weight is 318 g/mol. The first-order chi connectivity index (χ1) is 8.57. The van der Waals surface area contributed by atoms with E-state index in [1.807, 2.05) is 4.68 Å². The number of aliphatic hydroxyl groups excluding tert-OH is 1. The number of halogens is 1. The van der Waals surface area contributed by atoms with Gasteiger partial charge >= 0.3 is 0 Å². The van der Waals surface area contributed by atoms with Crippen LogP contribution in [0.1, 0.15) is 38.6 Å². The number of hydrogen-bond donors (Lipinski definition) is 2. The Balaban J connectivity index is 3.12. The Morgan fingerprint density at radius 2 is 2.06 bits per heavy atom. The van der Waals surface area contributed by atoms with Crippen LogP contribution in [0, 0.1) is 5.41 Å². The summed E-state index contributed by atoms with van der Waals surface area (Å²) >= 11 is 3.64. The molecule has 1 rings (SSSR count). The number of rotatable bonds is 7. The third-order valence-corrected chi connectivity index (χ3v) is 4.67. The predicted octanol–water partition coefficient (Wildman–Crippen LogP) is 2.12. The van der Waals surface area contributed by atoms with Gasteiger partial charge in [-0.1, -0.05) is 13.8 Å². The van der Waals surface area contributed by atoms with E-state index in [0.29, 0.717) is 6.54 Å². The number of aryl methyl sites for hydroxylation is 2. The molecule has 0 aromatic carbocycles. The monoisotopic (exact) mass is 317 g/mol. The van der Waals surface area contributed by atoms with Gasteiger partial charge in [0.25, 0.3) is 0 Å². The molecule has 3 N–H and O–H groups in total. The maximum Gasteiger partial charge on any atom is 0.0766 e. The number of nitrogens with zero attached hydrogens (tertiary/aromatic N) is 2. The fourth-order valence-electron chi connectivity index (χ4n) is 2.12. The summed E-state index contributed by atoms with van der Waals surface area (Å²) in [6, 6.07) is 0. The molecule has 0 bridgehead atoms. The first-order valence-corrected chi connectivity index (χ1v) is 7.41. The quantitative estimate of drug-likeness (QED) is 0.809. The van der Waals surface area contributed by atoms with E-state index in [1.165, 1.54) is 0 Å². The van der Waals surface area contributed by atoms with Crippen molar-refractivity contribution < 1.29 is 5.11 Å². The van der Waals surface area contributed by atoms with Gasteiger partial charge in [0.15, 0.2) is 0 Å². The first kappa shape index (κ1) is 15.7. The molecule has 5 heteroatoms. The van der Waals surface area contributed by atoms with Crippen LogP contribution in [0.5, 0.6) is 0 Å². The van der Waals surface area contributed by atoms with E-state index in [9.17, 15) is 5.11 Å². The normalized spacial score (nSPS) is 14.8. The van der Waals surface area contributed by atoms with Gasteiger partial charge in [0.2, 0.25) is 0 Å². The second kappa shape index (κ2) is 6.68. The highest BCUT2D eigenvalue weighted by Gasteiger charge is 2.29. The molecule has 18 heavy (non-hydrogen) atoms. The van der Waals surface area contributed by atoms with Crippen LogP contribution in [0.4, 0.5) is 0 Å². The van der Waals surface area contributed by atoms with Gasteiger partial charge in [0.1, 0.15) is 0 Å². The third kappa shape index (κ3) is 2.95. The van der Waals surface area contributed by atoms with Crippen molar-refractivity contribution in [2.24, 2.45) is 11.1 Å². The van der Waals surface area contributed by atoms with Crippen molar-refractivity contribution >= 4 is 15.9 Å². The Kier molecular flexibility index (Phi) is 5.82. The smallest absolute Gasteiger partial charge is 0.0766 e. The van der Waals surface area contributed by atoms with Crippen molar-refractivity contribution in [2.45, 2.75) is 46.6 Å². The molecule has 0 saturated heterocycles. The number of nitrogens with two attached hydrogens (primary N) is 1. The lowest BCUT2D eigenvalue weighted by Crippen LogP contribution is -2.36. The van der Waals surface area contributed by atoms with Crippen LogP contribution in [0.25, 0.3) is 0 Å². The van der Waals surface area contributed by atoms with Gasteiger partial charge in [0.05, 0.1) is 22.5 Å². The predicted molar refractivity (Wildman–Crippen MR) is 77.5 cm³/mol. The SMILES string of the molecule is CCc1nn(CC)c(CC(CC)(CN)CO)c1Br. The molecule has 1 aromatic heterocycles. The van der Waals surface area contributed by atoms with Gasteiger partial charge in [-0.25, -0.2) is 0 Å². The molecule has 4 nitrogen and oxygen atoms in total. The van der Waals surface area contributed by atoms with Crippen LogP contribution in [-0.4, -0.2) is 28.0 Å². The number of aromatic nitrogens is 2. The fraction of sp³-hybridized carbons (Fsp3) is 0.769. The summed E-state index contributed by atoms with van der Waals surface area (Å²) in [4.78, 5) is 0. The van der Waals surface area contributed by atoms with E-state index in [4.69, 9.17) is 5.73 Å². The summed E-state index contributed by atoms with van der Waals surface area (Å²) < 4.78 is 3.09. The molecular weight excluding hydrogens is 294 g/mol. The minimum atomic E-state index is -0.236. The minimum Gasteiger partial charge on any atom is -0.396 e. The lowest BCUT2D eigenvalue weighted by Gasteiger charge is -2.29. The molecule has 1 heterocycles. The van der Waals surface area contributed by atoms with E-state index in [0.717, 1.165) is 41.7 Å². The molecular formula is C13H24BrN3O. The maximum atomic E-state index is 9.63. The fourth-order valence-corrected chi connectivity index (χ4v) is 2.82. The molecule has 0 aliphatic rings. The highest BCUT2D eigenvalue weighted by molar-refractivity contribution is 9.10. The van der Waals surface area contributed by atoms with Crippen LogP contribution in [0.15, 0.2) is 4.47 Å². The van der Waals surface area contributed by atoms with Crippen molar-refractivity contribution in [3.8, 4) is 0 Å². The molecule has 0 radical (unpaired) electrons. The topological polar surface area (TPSA) is 64.1 Å². The Morgan fingerprint density at radius 3 is 2.44 bits per heavy atom. The highest BCUT2D eigenvalue weighted by Crippen LogP contribution is 2.31. The average Bonchev–Trinajstić information content (AvgIpc) is 2.72. The number of aliphatic hydroxyl groups is 1. The van der Waals surface area contributed by atoms with Gasteiger partial charge in [-0.05, 0) is 42.1 Å². The molecule has 104 valence electrons. The molecule has 1 unspecified atom stereocenters. The lowest BCUT2D eigenvalue weighted by atomic mass is 9.81. The molecule has 0 amide bonds. The second-order valence-electron chi connectivity index (χ2n) is 4.77. The first-order valence-electron chi connectivity index (χ1n) is 6.62. The molecule has 0 spiro atoms. The summed E-state index contributed by atoms with van der Waals surface area (Å²) in [5.74, 6) is 0. The van der Waals surface area contributed by atoms with E-state index in [1.54, 1.807) is 0 Å². The van der Waals surface area contributed by atoms with Gasteiger partial charge < -0.3 is 10.8 Å². The van der Waals surface area contributed by atoms with Gasteiger partial charge in [-0.15, -0.1) is 0 Å². The largest absolute Gasteiger partial charge is 0.396 e. The van der Waals surface area contributed by atoms with Crippen molar-refractivity contribution in [1.29, 1.82) is 0 Å². The van der Waals surface area contributed by atoms with E-state index in [-0.39, 0.29) is 12.0 Å². The Hall–Kier alpha value is -0.390. The summed E-state index contributed by atoms with van der Waals surface area (Å²) in [6.45, 7) is 7.69. The molecule has 1 aromatic rings. The number of hydrogen-bond acceptors (Lipinski definition) is 3. The van der Waals surface area contributed by atoms with Crippen molar-refractivity contribution in [2.75, 3.05) is 13.2 Å². The Bertz CT molecular complexity index is 378. The summed E-state index contributed by atoms with van der Waals surface area (Å²) in [7, 11) is 0. The van der Waals surface area contributed by atoms with Gasteiger partial charge in [-0.2, -0.15) is 5.10 Å². The molecule has 0 aliphatic carbocycles. The molecule has 0 fully saturated rings. The zero-order valence-corrected chi connectivity index (χ0v) is 13.1. The van der Waals surface area contributed by atoms with Crippen LogP contribution in [-0.2, 0) is 19.4 Å². The van der Waals surface area contributed by atoms with E-state index in [2.05, 4.69) is 41.8 Å². The molecule has 1 atom stereocenters. The van der Waals surface area contributed by atoms with Crippen LogP contribution >= 0.6 is 15.9 Å². The van der Waals surface area contributed by atoms with Crippen LogP contribution in [0.2, 0.25) is 0 Å². The standard InChI is InChI=1S/C13H24BrN3O/c1-4-10-12(14)11(17(6-3)16-10)7-13(5-2,8-15)9-18/h18H,4-9,15H2,1-3H3. The second-order valence-corrected chi connectivity index (χ2v) is 5.56. The van der Waals surface area contributed by atoms with Gasteiger partial charge in [0, 0.05) is 18.5 Å². The van der Waals surface area contributed by atoms with Crippen molar-refractivity contribution in [1.82, 2.24) is 9.78 Å². The zero-order valence-electron chi connectivity index (χ0n) is 11.5. The van der Waals surface area contributed by atoms with Crippen molar-refractivity contribution in [3.63, 3.8) is 0 Å². The third-order valence-electron chi connectivity index (χ3n) is 3.76. The molecule has 0 aliphatic heterocycles. The summed E-state index contributed by atoms with van der Waals surface area (Å²) in [6.07, 6.45) is 2.53. The van der Waals surface area contributed by atoms with E-state index >= 15 is 0 Å². The van der Waals surface area contributed by atoms with Crippen LogP contribution in [0.3, 0.4) is 0 Å². The zero-order chi connectivity index (χ0) is 13.8.